The number of para-hydroxylation sites is 1. The zero-order chi connectivity index (χ0) is 24.9. The first-order valence-corrected chi connectivity index (χ1v) is 12.8. The van der Waals surface area contributed by atoms with Crippen LogP contribution in [0.15, 0.2) is 59.8 Å². The van der Waals surface area contributed by atoms with Crippen LogP contribution in [-0.2, 0) is 4.79 Å². The van der Waals surface area contributed by atoms with E-state index in [0.717, 1.165) is 16.3 Å². The lowest BCUT2D eigenvalue weighted by Crippen LogP contribution is -2.23. The van der Waals surface area contributed by atoms with Gasteiger partial charge in [-0.1, -0.05) is 36.0 Å². The van der Waals surface area contributed by atoms with Crippen molar-refractivity contribution in [3.8, 4) is 17.2 Å². The Morgan fingerprint density at radius 3 is 2.49 bits per heavy atom. The van der Waals surface area contributed by atoms with Gasteiger partial charge in [0.15, 0.2) is 22.2 Å². The highest BCUT2D eigenvalue weighted by molar-refractivity contribution is 8.00. The maximum atomic E-state index is 12.9. The van der Waals surface area contributed by atoms with Crippen molar-refractivity contribution in [1.82, 2.24) is 19.7 Å². The number of ether oxygens (including phenoxy) is 2. The van der Waals surface area contributed by atoms with Gasteiger partial charge in [-0.2, -0.15) is 0 Å². The molecule has 4 rings (SSSR count). The Balaban J connectivity index is 1.58. The van der Waals surface area contributed by atoms with E-state index in [2.05, 4.69) is 20.5 Å². The Kier molecular flexibility index (Phi) is 7.72. The van der Waals surface area contributed by atoms with Crippen LogP contribution in [0.2, 0.25) is 0 Å². The van der Waals surface area contributed by atoms with Gasteiger partial charge >= 0.3 is 0 Å². The van der Waals surface area contributed by atoms with Crippen LogP contribution >= 0.6 is 23.1 Å². The molecule has 0 spiro atoms. The van der Waals surface area contributed by atoms with Gasteiger partial charge in [-0.3, -0.25) is 9.36 Å². The predicted octanol–water partition coefficient (Wildman–Crippen LogP) is 5.61. The molecule has 182 valence electrons. The molecule has 0 saturated carbocycles. The number of amides is 1. The van der Waals surface area contributed by atoms with E-state index in [1.807, 2.05) is 86.9 Å². The van der Waals surface area contributed by atoms with Gasteiger partial charge in [0.05, 0.1) is 18.1 Å². The van der Waals surface area contributed by atoms with E-state index >= 15 is 0 Å². The van der Waals surface area contributed by atoms with Crippen LogP contribution in [-0.4, -0.2) is 38.0 Å². The van der Waals surface area contributed by atoms with Gasteiger partial charge in [-0.05, 0) is 52.0 Å². The number of thioether (sulfide) groups is 1. The highest BCUT2D eigenvalue weighted by atomic mass is 32.2. The Morgan fingerprint density at radius 2 is 1.80 bits per heavy atom. The van der Waals surface area contributed by atoms with Gasteiger partial charge in [0.1, 0.15) is 11.5 Å². The van der Waals surface area contributed by atoms with Gasteiger partial charge in [0.25, 0.3) is 0 Å². The number of nitrogens with zero attached hydrogens (tertiary/aromatic N) is 4. The molecule has 2 unspecified atom stereocenters. The van der Waals surface area contributed by atoms with Crippen molar-refractivity contribution in [3.63, 3.8) is 0 Å². The normalized spacial score (nSPS) is 12.7. The zero-order valence-corrected chi connectivity index (χ0v) is 21.8. The van der Waals surface area contributed by atoms with Crippen molar-refractivity contribution in [2.75, 3.05) is 12.4 Å². The minimum absolute atomic E-state index is 0.145. The Hall–Kier alpha value is -3.37. The van der Waals surface area contributed by atoms with E-state index in [1.54, 1.807) is 7.11 Å². The largest absolute Gasteiger partial charge is 0.497 e. The number of nitrogens with one attached hydrogen (secondary N) is 1. The van der Waals surface area contributed by atoms with E-state index < -0.39 is 11.4 Å². The number of aromatic nitrogens is 4. The van der Waals surface area contributed by atoms with Crippen LogP contribution < -0.4 is 14.8 Å². The molecule has 4 aromatic rings. The van der Waals surface area contributed by atoms with Gasteiger partial charge in [-0.15, -0.1) is 21.5 Å². The third-order valence-electron chi connectivity index (χ3n) is 5.30. The number of hydrogen-bond donors (Lipinski definition) is 1. The lowest BCUT2D eigenvalue weighted by molar-refractivity contribution is -0.115. The Morgan fingerprint density at radius 1 is 1.06 bits per heavy atom. The molecule has 2 aromatic heterocycles. The molecule has 1 N–H and O–H groups in total. The second-order valence-electron chi connectivity index (χ2n) is 7.86. The summed E-state index contributed by atoms with van der Waals surface area (Å²) in [5.41, 5.74) is 1.80. The minimum Gasteiger partial charge on any atom is -0.497 e. The maximum Gasteiger partial charge on any atom is 0.239 e. The second-order valence-corrected chi connectivity index (χ2v) is 10.4. The molecule has 2 atom stereocenters. The highest BCUT2D eigenvalue weighted by Crippen LogP contribution is 2.31. The molecule has 2 heterocycles. The Labute approximate surface area is 212 Å². The summed E-state index contributed by atoms with van der Waals surface area (Å²) in [4.78, 5) is 18.4. The molecule has 0 fully saturated rings. The average molecular weight is 510 g/mol. The number of carbonyl (C=O) groups is 1. The monoisotopic (exact) mass is 509 g/mol. The number of carbonyl (C=O) groups excluding carboxylic acids is 1. The number of anilines is 1. The molecule has 10 heteroatoms. The minimum atomic E-state index is -0.423. The SMILES string of the molecule is COc1cccc(OC(C)c2nnc(SC(C)C(=O)Nc3nc(C)c(C)s3)n2-c2ccccc2)c1. The van der Waals surface area contributed by atoms with E-state index in [1.165, 1.54) is 23.1 Å². The fourth-order valence-corrected chi connectivity index (χ4v) is 5.01. The fourth-order valence-electron chi connectivity index (χ4n) is 3.32. The molecule has 0 aliphatic rings. The molecule has 0 saturated heterocycles. The first kappa shape index (κ1) is 24.7. The summed E-state index contributed by atoms with van der Waals surface area (Å²) in [7, 11) is 1.62. The highest BCUT2D eigenvalue weighted by Gasteiger charge is 2.25. The lowest BCUT2D eigenvalue weighted by Gasteiger charge is -2.18. The summed E-state index contributed by atoms with van der Waals surface area (Å²) in [5.74, 6) is 1.85. The van der Waals surface area contributed by atoms with Crippen molar-refractivity contribution in [2.45, 2.75) is 44.2 Å². The van der Waals surface area contributed by atoms with Crippen molar-refractivity contribution in [3.05, 3.63) is 71.0 Å². The summed E-state index contributed by atoms with van der Waals surface area (Å²) in [5, 5.41) is 12.5. The van der Waals surface area contributed by atoms with Crippen molar-refractivity contribution < 1.29 is 14.3 Å². The third-order valence-corrected chi connectivity index (χ3v) is 7.33. The number of methoxy groups -OCH3 is 1. The topological polar surface area (TPSA) is 91.2 Å². The smallest absolute Gasteiger partial charge is 0.239 e. The summed E-state index contributed by atoms with van der Waals surface area (Å²) >= 11 is 2.80. The molecular formula is C25H27N5O3S2. The van der Waals surface area contributed by atoms with Crippen molar-refractivity contribution in [1.29, 1.82) is 0 Å². The number of aryl methyl sites for hydroxylation is 2. The van der Waals surface area contributed by atoms with E-state index in [0.29, 0.717) is 27.6 Å². The van der Waals surface area contributed by atoms with E-state index in [4.69, 9.17) is 9.47 Å². The number of hydrogen-bond acceptors (Lipinski definition) is 8. The number of thiazole rings is 1. The summed E-state index contributed by atoms with van der Waals surface area (Å²) in [6.07, 6.45) is -0.408. The van der Waals surface area contributed by atoms with E-state index in [9.17, 15) is 4.79 Å². The summed E-state index contributed by atoms with van der Waals surface area (Å²) < 4.78 is 13.4. The number of rotatable bonds is 9. The molecular weight excluding hydrogens is 482 g/mol. The summed E-state index contributed by atoms with van der Waals surface area (Å²) in [6.45, 7) is 7.67. The van der Waals surface area contributed by atoms with Crippen LogP contribution in [0.5, 0.6) is 11.5 Å². The maximum absolute atomic E-state index is 12.9. The molecule has 0 radical (unpaired) electrons. The fraction of sp³-hybridized carbons (Fsp3) is 0.280. The van der Waals surface area contributed by atoms with Crippen LogP contribution in [0.25, 0.3) is 5.69 Å². The standard InChI is InChI=1S/C25H27N5O3S2/c1-15-17(3)34-24(26-15)27-23(31)18(4)35-25-29-28-22(30(25)19-10-7-6-8-11-19)16(2)33-21-13-9-12-20(14-21)32-5/h6-14,16,18H,1-5H3,(H,26,27,31). The van der Waals surface area contributed by atoms with Gasteiger partial charge in [0.2, 0.25) is 5.91 Å². The molecule has 0 bridgehead atoms. The zero-order valence-electron chi connectivity index (χ0n) is 20.2. The average Bonchev–Trinajstić information content (AvgIpc) is 3.41. The lowest BCUT2D eigenvalue weighted by atomic mass is 10.3. The van der Waals surface area contributed by atoms with Crippen LogP contribution in [0.4, 0.5) is 5.13 Å². The van der Waals surface area contributed by atoms with Crippen LogP contribution in [0.3, 0.4) is 0 Å². The van der Waals surface area contributed by atoms with Crippen molar-refractivity contribution >= 4 is 34.1 Å². The van der Waals surface area contributed by atoms with Gasteiger partial charge < -0.3 is 14.8 Å². The van der Waals surface area contributed by atoms with Gasteiger partial charge in [0, 0.05) is 16.6 Å². The molecule has 1 amide bonds. The summed E-state index contributed by atoms with van der Waals surface area (Å²) in [6, 6.07) is 17.2. The first-order chi connectivity index (χ1) is 16.9. The molecule has 0 aliphatic carbocycles. The third kappa shape index (κ3) is 5.83. The Bertz CT molecular complexity index is 1290. The second kappa shape index (κ2) is 10.9. The number of benzene rings is 2. The molecule has 8 nitrogen and oxygen atoms in total. The first-order valence-electron chi connectivity index (χ1n) is 11.1. The van der Waals surface area contributed by atoms with Crippen molar-refractivity contribution in [2.24, 2.45) is 0 Å². The predicted molar refractivity (Wildman–Crippen MR) is 139 cm³/mol. The van der Waals surface area contributed by atoms with Gasteiger partial charge in [-0.25, -0.2) is 4.98 Å². The molecule has 35 heavy (non-hydrogen) atoms. The quantitative estimate of drug-likeness (QED) is 0.293. The molecule has 0 aliphatic heterocycles. The van der Waals surface area contributed by atoms with E-state index in [-0.39, 0.29) is 5.91 Å². The molecule has 2 aromatic carbocycles. The van der Waals surface area contributed by atoms with Crippen LogP contribution in [0, 0.1) is 13.8 Å². The van der Waals surface area contributed by atoms with Crippen LogP contribution in [0.1, 0.15) is 36.3 Å².